The Labute approximate surface area is 234 Å². The minimum absolute atomic E-state index is 0.000369. The normalized spacial score (nSPS) is 12.2. The van der Waals surface area contributed by atoms with Gasteiger partial charge in [0.1, 0.15) is 6.10 Å². The van der Waals surface area contributed by atoms with Crippen LogP contribution in [0.4, 0.5) is 0 Å². The minimum Gasteiger partial charge on any atom is -0.379 e. The van der Waals surface area contributed by atoms with Crippen molar-refractivity contribution in [3.05, 3.63) is 66.0 Å². The van der Waals surface area contributed by atoms with Crippen LogP contribution in [0.3, 0.4) is 0 Å². The minimum atomic E-state index is 0.000369. The number of pyridine rings is 1. The molecule has 1 aromatic heterocycles. The molecule has 0 spiro atoms. The Morgan fingerprint density at radius 1 is 0.605 bits per heavy atom. The Bertz CT molecular complexity index is 765. The first-order valence-corrected chi connectivity index (χ1v) is 15.6. The average Bonchev–Trinajstić information content (AvgIpc) is 2.94. The third-order valence-corrected chi connectivity index (χ3v) is 7.09. The first-order valence-electron chi connectivity index (χ1n) is 15.6. The first-order chi connectivity index (χ1) is 18.8. The average molecular weight is 527 g/mol. The second-order valence-electron chi connectivity index (χ2n) is 10.6. The van der Waals surface area contributed by atoms with E-state index in [1.54, 1.807) is 0 Å². The standard InChI is InChI=1S/C34H56NO3/c1-3-5-6-7-8-9-10-11-12-13-14-15-16-20-27-36-30-34(38-4-2)31-37-29-33-23-21-32(22-24-33)28-35-25-18-17-19-26-35/h17-19,21-26,34H,3-16,20,27-31H2,1-2H3/q+1. The van der Waals surface area contributed by atoms with Gasteiger partial charge in [0.25, 0.3) is 0 Å². The third kappa shape index (κ3) is 17.0. The van der Waals surface area contributed by atoms with Gasteiger partial charge in [-0.1, -0.05) is 121 Å². The van der Waals surface area contributed by atoms with Gasteiger partial charge >= 0.3 is 0 Å². The molecular weight excluding hydrogens is 470 g/mol. The van der Waals surface area contributed by atoms with Crippen molar-refractivity contribution in [2.75, 3.05) is 26.4 Å². The quantitative estimate of drug-likeness (QED) is 0.0961. The van der Waals surface area contributed by atoms with Gasteiger partial charge in [-0.3, -0.25) is 0 Å². The molecule has 4 heteroatoms. The maximum absolute atomic E-state index is 5.96. The molecule has 0 N–H and O–H groups in total. The fourth-order valence-electron chi connectivity index (χ4n) is 4.79. The fourth-order valence-corrected chi connectivity index (χ4v) is 4.79. The highest BCUT2D eigenvalue weighted by molar-refractivity contribution is 5.21. The lowest BCUT2D eigenvalue weighted by atomic mass is 10.0. The number of hydrogen-bond donors (Lipinski definition) is 0. The van der Waals surface area contributed by atoms with Gasteiger partial charge in [-0.2, -0.15) is 0 Å². The van der Waals surface area contributed by atoms with Crippen molar-refractivity contribution < 1.29 is 18.8 Å². The Balaban J connectivity index is 1.43. The molecule has 38 heavy (non-hydrogen) atoms. The summed E-state index contributed by atoms with van der Waals surface area (Å²) in [7, 11) is 0. The Morgan fingerprint density at radius 3 is 1.71 bits per heavy atom. The van der Waals surface area contributed by atoms with Crippen molar-refractivity contribution >= 4 is 0 Å². The van der Waals surface area contributed by atoms with Gasteiger partial charge in [-0.25, -0.2) is 4.57 Å². The van der Waals surface area contributed by atoms with E-state index in [1.165, 1.54) is 94.6 Å². The van der Waals surface area contributed by atoms with Crippen LogP contribution in [0.15, 0.2) is 54.9 Å². The van der Waals surface area contributed by atoms with Crippen LogP contribution in [0.2, 0.25) is 0 Å². The molecule has 0 amide bonds. The molecule has 1 heterocycles. The van der Waals surface area contributed by atoms with Crippen molar-refractivity contribution in [2.45, 2.75) is 123 Å². The van der Waals surface area contributed by atoms with Crippen LogP contribution in [-0.2, 0) is 27.4 Å². The largest absolute Gasteiger partial charge is 0.379 e. The molecule has 214 valence electrons. The SMILES string of the molecule is CCCCCCCCCCCCCCCCOCC(COCc1ccc(C[n+]2ccccc2)cc1)OCC. The van der Waals surface area contributed by atoms with Gasteiger partial charge in [-0.15, -0.1) is 0 Å². The molecular formula is C34H56NO3+. The van der Waals surface area contributed by atoms with Gasteiger partial charge in [0, 0.05) is 30.9 Å². The zero-order valence-corrected chi connectivity index (χ0v) is 24.6. The maximum Gasteiger partial charge on any atom is 0.173 e. The number of aromatic nitrogens is 1. The summed E-state index contributed by atoms with van der Waals surface area (Å²) in [5.74, 6) is 0. The van der Waals surface area contributed by atoms with Crippen LogP contribution in [0.5, 0.6) is 0 Å². The summed E-state index contributed by atoms with van der Waals surface area (Å²) in [6.07, 6.45) is 23.5. The molecule has 0 bridgehead atoms. The lowest BCUT2D eigenvalue weighted by Gasteiger charge is -2.17. The van der Waals surface area contributed by atoms with Crippen molar-refractivity contribution in [2.24, 2.45) is 0 Å². The molecule has 0 fully saturated rings. The van der Waals surface area contributed by atoms with Gasteiger partial charge < -0.3 is 14.2 Å². The first kappa shape index (κ1) is 32.5. The Hall–Kier alpha value is -1.75. The van der Waals surface area contributed by atoms with Crippen molar-refractivity contribution in [3.63, 3.8) is 0 Å². The topological polar surface area (TPSA) is 31.6 Å². The van der Waals surface area contributed by atoms with E-state index in [1.807, 2.05) is 13.0 Å². The predicted molar refractivity (Wildman–Crippen MR) is 158 cm³/mol. The summed E-state index contributed by atoms with van der Waals surface area (Å²) in [6, 6.07) is 14.8. The second-order valence-corrected chi connectivity index (χ2v) is 10.6. The molecule has 1 atom stereocenters. The molecule has 4 nitrogen and oxygen atoms in total. The fraction of sp³-hybridized carbons (Fsp3) is 0.676. The molecule has 0 saturated heterocycles. The lowest BCUT2D eigenvalue weighted by molar-refractivity contribution is -0.688. The summed E-state index contributed by atoms with van der Waals surface area (Å²) >= 11 is 0. The number of ether oxygens (including phenoxy) is 3. The van der Waals surface area contributed by atoms with E-state index >= 15 is 0 Å². The van der Waals surface area contributed by atoms with Crippen LogP contribution >= 0.6 is 0 Å². The number of unbranched alkanes of at least 4 members (excludes halogenated alkanes) is 13. The van der Waals surface area contributed by atoms with Crippen LogP contribution < -0.4 is 4.57 Å². The Morgan fingerprint density at radius 2 is 1.13 bits per heavy atom. The molecule has 0 aliphatic carbocycles. The van der Waals surface area contributed by atoms with E-state index in [-0.39, 0.29) is 6.10 Å². The van der Waals surface area contributed by atoms with E-state index < -0.39 is 0 Å². The number of rotatable bonds is 25. The van der Waals surface area contributed by atoms with Crippen molar-refractivity contribution in [1.29, 1.82) is 0 Å². The molecule has 1 aromatic carbocycles. The zero-order valence-electron chi connectivity index (χ0n) is 24.6. The molecule has 2 aromatic rings. The highest BCUT2D eigenvalue weighted by atomic mass is 16.6. The number of nitrogens with zero attached hydrogens (tertiary/aromatic N) is 1. The molecule has 1 unspecified atom stereocenters. The molecule has 0 saturated carbocycles. The summed E-state index contributed by atoms with van der Waals surface area (Å²) in [4.78, 5) is 0. The van der Waals surface area contributed by atoms with Gasteiger partial charge in [0.15, 0.2) is 18.9 Å². The van der Waals surface area contributed by atoms with E-state index in [0.717, 1.165) is 19.6 Å². The molecule has 0 radical (unpaired) electrons. The molecule has 0 aliphatic rings. The number of benzene rings is 1. The third-order valence-electron chi connectivity index (χ3n) is 7.09. The lowest BCUT2D eigenvalue weighted by Crippen LogP contribution is -2.32. The number of hydrogen-bond acceptors (Lipinski definition) is 3. The van der Waals surface area contributed by atoms with Gasteiger partial charge in [0.05, 0.1) is 19.8 Å². The maximum atomic E-state index is 5.96. The van der Waals surface area contributed by atoms with E-state index in [0.29, 0.717) is 26.4 Å². The van der Waals surface area contributed by atoms with Crippen molar-refractivity contribution in [1.82, 2.24) is 0 Å². The van der Waals surface area contributed by atoms with E-state index in [4.69, 9.17) is 14.2 Å². The van der Waals surface area contributed by atoms with Crippen LogP contribution in [0.25, 0.3) is 0 Å². The Kier molecular flexibility index (Phi) is 19.8. The molecule has 0 aliphatic heterocycles. The monoisotopic (exact) mass is 526 g/mol. The summed E-state index contributed by atoms with van der Waals surface area (Å²) in [6.45, 7) is 8.48. The van der Waals surface area contributed by atoms with E-state index in [2.05, 4.69) is 60.3 Å². The predicted octanol–water partition coefficient (Wildman–Crippen LogP) is 8.44. The smallest absolute Gasteiger partial charge is 0.173 e. The van der Waals surface area contributed by atoms with Crippen molar-refractivity contribution in [3.8, 4) is 0 Å². The van der Waals surface area contributed by atoms with Crippen LogP contribution in [-0.4, -0.2) is 32.5 Å². The highest BCUT2D eigenvalue weighted by Gasteiger charge is 2.10. The second kappa shape index (κ2) is 23.2. The summed E-state index contributed by atoms with van der Waals surface area (Å²) in [5.41, 5.74) is 2.47. The van der Waals surface area contributed by atoms with Gasteiger partial charge in [-0.05, 0) is 18.9 Å². The summed E-state index contributed by atoms with van der Waals surface area (Å²) < 4.78 is 19.9. The summed E-state index contributed by atoms with van der Waals surface area (Å²) in [5, 5.41) is 0. The molecule has 2 rings (SSSR count). The van der Waals surface area contributed by atoms with E-state index in [9.17, 15) is 0 Å². The van der Waals surface area contributed by atoms with Gasteiger partial charge in [0.2, 0.25) is 0 Å². The van der Waals surface area contributed by atoms with Crippen LogP contribution in [0.1, 0.15) is 115 Å². The van der Waals surface area contributed by atoms with Crippen LogP contribution in [0, 0.1) is 0 Å². The zero-order chi connectivity index (χ0) is 26.9. The highest BCUT2D eigenvalue weighted by Crippen LogP contribution is 2.13.